The summed E-state index contributed by atoms with van der Waals surface area (Å²) in [7, 11) is 0. The van der Waals surface area contributed by atoms with Crippen LogP contribution in [0.15, 0.2) is 0 Å². The second kappa shape index (κ2) is 6.36. The Hall–Kier alpha value is -0.610. The molecule has 4 nitrogen and oxygen atoms in total. The molecule has 2 aliphatic rings. The van der Waals surface area contributed by atoms with Gasteiger partial charge < -0.3 is 15.2 Å². The van der Waals surface area contributed by atoms with Crippen LogP contribution in [0.5, 0.6) is 0 Å². The lowest BCUT2D eigenvalue weighted by Gasteiger charge is -2.30. The van der Waals surface area contributed by atoms with E-state index in [2.05, 4.69) is 5.32 Å². The molecule has 2 unspecified atom stereocenters. The van der Waals surface area contributed by atoms with Crippen molar-refractivity contribution in [1.82, 2.24) is 5.32 Å². The van der Waals surface area contributed by atoms with Crippen LogP contribution in [-0.2, 0) is 9.53 Å². The third-order valence-electron chi connectivity index (χ3n) is 4.06. The topological polar surface area (TPSA) is 58.6 Å². The molecule has 0 bridgehead atoms. The lowest BCUT2D eigenvalue weighted by Crippen LogP contribution is -2.39. The summed E-state index contributed by atoms with van der Waals surface area (Å²) >= 11 is 0. The summed E-state index contributed by atoms with van der Waals surface area (Å²) < 4.78 is 5.33. The van der Waals surface area contributed by atoms with Crippen molar-refractivity contribution < 1.29 is 14.6 Å². The molecule has 98 valence electrons. The Bertz CT molecular complexity index is 251. The van der Waals surface area contributed by atoms with E-state index >= 15 is 0 Å². The molecule has 4 heteroatoms. The molecule has 1 aliphatic heterocycles. The Kier molecular flexibility index (Phi) is 4.80. The molecule has 2 rings (SSSR count). The summed E-state index contributed by atoms with van der Waals surface area (Å²) in [6.45, 7) is 2.80. The van der Waals surface area contributed by atoms with Crippen LogP contribution >= 0.6 is 0 Å². The highest BCUT2D eigenvalue weighted by atomic mass is 16.5. The fourth-order valence-corrected chi connectivity index (χ4v) is 2.88. The normalized spacial score (nSPS) is 31.3. The minimum atomic E-state index is -0.623. The molecular weight excluding hydrogens is 218 g/mol. The van der Waals surface area contributed by atoms with E-state index in [-0.39, 0.29) is 5.92 Å². The van der Waals surface area contributed by atoms with Crippen LogP contribution in [0.25, 0.3) is 0 Å². The monoisotopic (exact) mass is 241 g/mol. The van der Waals surface area contributed by atoms with Crippen molar-refractivity contribution in [2.24, 2.45) is 11.8 Å². The number of nitrogens with one attached hydrogen (secondary N) is 1. The summed E-state index contributed by atoms with van der Waals surface area (Å²) in [5.41, 5.74) is 0. The highest BCUT2D eigenvalue weighted by Gasteiger charge is 2.27. The summed E-state index contributed by atoms with van der Waals surface area (Å²) in [6.07, 6.45) is 6.11. The second-order valence-corrected chi connectivity index (χ2v) is 5.36. The minimum absolute atomic E-state index is 0.129. The third-order valence-corrected chi connectivity index (χ3v) is 4.06. The van der Waals surface area contributed by atoms with Gasteiger partial charge in [0.15, 0.2) is 0 Å². The molecule has 0 amide bonds. The van der Waals surface area contributed by atoms with Gasteiger partial charge in [-0.1, -0.05) is 6.42 Å². The van der Waals surface area contributed by atoms with E-state index in [1.54, 1.807) is 0 Å². The number of hydrogen-bond acceptors (Lipinski definition) is 3. The SMILES string of the molecule is O=C(O)C1CCCC(NCC2CCOCC2)C1. The molecule has 0 aromatic carbocycles. The van der Waals surface area contributed by atoms with Crippen LogP contribution < -0.4 is 5.32 Å². The second-order valence-electron chi connectivity index (χ2n) is 5.36. The van der Waals surface area contributed by atoms with Gasteiger partial charge in [0.2, 0.25) is 0 Å². The van der Waals surface area contributed by atoms with Crippen LogP contribution in [-0.4, -0.2) is 36.9 Å². The van der Waals surface area contributed by atoms with Gasteiger partial charge >= 0.3 is 5.97 Å². The number of hydrogen-bond donors (Lipinski definition) is 2. The van der Waals surface area contributed by atoms with Crippen molar-refractivity contribution in [2.75, 3.05) is 19.8 Å². The lowest BCUT2D eigenvalue weighted by atomic mass is 9.85. The fourth-order valence-electron chi connectivity index (χ4n) is 2.88. The van der Waals surface area contributed by atoms with Gasteiger partial charge in [-0.15, -0.1) is 0 Å². The molecule has 0 spiro atoms. The fraction of sp³-hybridized carbons (Fsp3) is 0.923. The smallest absolute Gasteiger partial charge is 0.306 e. The molecule has 0 aromatic rings. The zero-order chi connectivity index (χ0) is 12.1. The zero-order valence-electron chi connectivity index (χ0n) is 10.4. The summed E-state index contributed by atoms with van der Waals surface area (Å²) in [5.74, 6) is -0.0348. The van der Waals surface area contributed by atoms with Crippen LogP contribution in [0.2, 0.25) is 0 Å². The van der Waals surface area contributed by atoms with Crippen molar-refractivity contribution >= 4 is 5.97 Å². The molecule has 1 saturated heterocycles. The minimum Gasteiger partial charge on any atom is -0.481 e. The van der Waals surface area contributed by atoms with Crippen molar-refractivity contribution in [2.45, 2.75) is 44.6 Å². The Morgan fingerprint density at radius 3 is 2.71 bits per heavy atom. The molecule has 0 aromatic heterocycles. The van der Waals surface area contributed by atoms with E-state index in [0.29, 0.717) is 12.0 Å². The van der Waals surface area contributed by atoms with Crippen molar-refractivity contribution in [3.8, 4) is 0 Å². The van der Waals surface area contributed by atoms with Crippen LogP contribution in [0.4, 0.5) is 0 Å². The molecule has 2 atom stereocenters. The molecule has 1 saturated carbocycles. The maximum Gasteiger partial charge on any atom is 0.306 e. The summed E-state index contributed by atoms with van der Waals surface area (Å²) in [6, 6.07) is 0.410. The number of carbonyl (C=O) groups is 1. The molecule has 1 heterocycles. The van der Waals surface area contributed by atoms with Gasteiger partial charge in [-0.3, -0.25) is 4.79 Å². The third kappa shape index (κ3) is 3.96. The molecule has 17 heavy (non-hydrogen) atoms. The van der Waals surface area contributed by atoms with Crippen molar-refractivity contribution in [3.63, 3.8) is 0 Å². The Morgan fingerprint density at radius 1 is 1.24 bits per heavy atom. The van der Waals surface area contributed by atoms with E-state index in [9.17, 15) is 4.79 Å². The molecule has 0 radical (unpaired) electrons. The summed E-state index contributed by atoms with van der Waals surface area (Å²) in [4.78, 5) is 11.0. The first-order chi connectivity index (χ1) is 8.25. The first-order valence-corrected chi connectivity index (χ1v) is 6.79. The van der Waals surface area contributed by atoms with E-state index in [0.717, 1.165) is 58.3 Å². The largest absolute Gasteiger partial charge is 0.481 e. The van der Waals surface area contributed by atoms with Gasteiger partial charge in [0.05, 0.1) is 5.92 Å². The van der Waals surface area contributed by atoms with Crippen molar-refractivity contribution in [3.05, 3.63) is 0 Å². The maximum atomic E-state index is 11.0. The Labute approximate surface area is 103 Å². The summed E-state index contributed by atoms with van der Waals surface area (Å²) in [5, 5.41) is 12.6. The van der Waals surface area contributed by atoms with Gasteiger partial charge in [0.25, 0.3) is 0 Å². The average molecular weight is 241 g/mol. The first-order valence-electron chi connectivity index (χ1n) is 6.79. The van der Waals surface area contributed by atoms with Crippen LogP contribution in [0.1, 0.15) is 38.5 Å². The predicted octanol–water partition coefficient (Wildman–Crippen LogP) is 1.65. The van der Waals surface area contributed by atoms with E-state index in [1.807, 2.05) is 0 Å². The molecule has 2 N–H and O–H groups in total. The Morgan fingerprint density at radius 2 is 2.00 bits per heavy atom. The lowest BCUT2D eigenvalue weighted by molar-refractivity contribution is -0.143. The van der Waals surface area contributed by atoms with Gasteiger partial charge in [-0.05, 0) is 44.6 Å². The quantitative estimate of drug-likeness (QED) is 0.785. The van der Waals surface area contributed by atoms with E-state index < -0.39 is 5.97 Å². The van der Waals surface area contributed by atoms with Crippen molar-refractivity contribution in [1.29, 1.82) is 0 Å². The van der Waals surface area contributed by atoms with Crippen LogP contribution in [0, 0.1) is 11.8 Å². The maximum absolute atomic E-state index is 11.0. The number of rotatable bonds is 4. The zero-order valence-corrected chi connectivity index (χ0v) is 10.4. The van der Waals surface area contributed by atoms with Gasteiger partial charge in [0, 0.05) is 19.3 Å². The number of aliphatic carboxylic acids is 1. The number of carboxylic acid groups (broad SMARTS) is 1. The molecule has 1 aliphatic carbocycles. The molecule has 2 fully saturated rings. The van der Waals surface area contributed by atoms with Gasteiger partial charge in [-0.2, -0.15) is 0 Å². The molecular formula is C13H23NO3. The Balaban J connectivity index is 1.69. The average Bonchev–Trinajstić information content (AvgIpc) is 2.38. The highest BCUT2D eigenvalue weighted by molar-refractivity contribution is 5.70. The van der Waals surface area contributed by atoms with Gasteiger partial charge in [-0.25, -0.2) is 0 Å². The van der Waals surface area contributed by atoms with Crippen LogP contribution in [0.3, 0.4) is 0 Å². The van der Waals surface area contributed by atoms with Gasteiger partial charge in [0.1, 0.15) is 0 Å². The van der Waals surface area contributed by atoms with E-state index in [1.165, 1.54) is 0 Å². The van der Waals surface area contributed by atoms with E-state index in [4.69, 9.17) is 9.84 Å². The first kappa shape index (κ1) is 12.8. The highest BCUT2D eigenvalue weighted by Crippen LogP contribution is 2.25. The number of ether oxygens (including phenoxy) is 1. The number of carboxylic acids is 1. The standard InChI is InChI=1S/C13H23NO3/c15-13(16)11-2-1-3-12(8-11)14-9-10-4-6-17-7-5-10/h10-12,14H,1-9H2,(H,15,16). The predicted molar refractivity (Wildman–Crippen MR) is 64.9 cm³/mol.